The summed E-state index contributed by atoms with van der Waals surface area (Å²) in [5, 5.41) is 0. The number of hydrogen-bond acceptors (Lipinski definition) is 6. The van der Waals surface area contributed by atoms with Crippen LogP contribution in [-0.4, -0.2) is 59.2 Å². The predicted molar refractivity (Wildman–Crippen MR) is 134 cm³/mol. The molecule has 1 aliphatic heterocycles. The van der Waals surface area contributed by atoms with E-state index in [-0.39, 0.29) is 36.3 Å². The molecule has 0 spiro atoms. The first kappa shape index (κ1) is 28.5. The third kappa shape index (κ3) is 9.09. The second-order valence-corrected chi connectivity index (χ2v) is 14.8. The number of hydrogen-bond donors (Lipinski definition) is 0. The van der Waals surface area contributed by atoms with Crippen LogP contribution >= 0.6 is 0 Å². The molecule has 7 heteroatoms. The average Bonchev–Trinajstić information content (AvgIpc) is 3.07. The van der Waals surface area contributed by atoms with E-state index < -0.39 is 14.4 Å². The van der Waals surface area contributed by atoms with E-state index in [2.05, 4.69) is 46.0 Å². The summed E-state index contributed by atoms with van der Waals surface area (Å²) in [4.78, 5) is 12.4. The monoisotopic (exact) mass is 484 g/mol. The minimum atomic E-state index is -1.78. The van der Waals surface area contributed by atoms with Crippen molar-refractivity contribution in [3.05, 3.63) is 12.2 Å². The van der Waals surface area contributed by atoms with E-state index in [9.17, 15) is 4.79 Å². The van der Waals surface area contributed by atoms with Gasteiger partial charge in [-0.15, -0.1) is 0 Å². The van der Waals surface area contributed by atoms with Crippen molar-refractivity contribution in [3.8, 4) is 0 Å². The molecular formula is C26H48O6Si. The molecule has 6 nitrogen and oxygen atoms in total. The first-order valence-corrected chi connectivity index (χ1v) is 16.1. The lowest BCUT2D eigenvalue weighted by Gasteiger charge is -2.33. The summed E-state index contributed by atoms with van der Waals surface area (Å²) in [6, 6.07) is 1.13. The number of methoxy groups -OCH3 is 1. The van der Waals surface area contributed by atoms with Crippen molar-refractivity contribution in [3.63, 3.8) is 0 Å². The van der Waals surface area contributed by atoms with Crippen LogP contribution in [0.1, 0.15) is 66.2 Å². The quantitative estimate of drug-likeness (QED) is 0.189. The Kier molecular flexibility index (Phi) is 12.1. The second-order valence-electron chi connectivity index (χ2n) is 10.6. The Morgan fingerprint density at radius 1 is 1.21 bits per heavy atom. The van der Waals surface area contributed by atoms with Crippen LogP contribution in [0.15, 0.2) is 12.2 Å². The lowest BCUT2D eigenvalue weighted by atomic mass is 9.93. The Morgan fingerprint density at radius 2 is 1.97 bits per heavy atom. The van der Waals surface area contributed by atoms with Crippen LogP contribution in [0.3, 0.4) is 0 Å². The number of carbonyl (C=O) groups excluding carboxylic acids is 1. The zero-order valence-electron chi connectivity index (χ0n) is 22.0. The number of esters is 1. The first-order valence-electron chi connectivity index (χ1n) is 13.0. The van der Waals surface area contributed by atoms with Gasteiger partial charge in [0.15, 0.2) is 20.7 Å². The molecule has 0 aromatic rings. The summed E-state index contributed by atoms with van der Waals surface area (Å²) < 4.78 is 30.5. The smallest absolute Gasteiger partial charge is 0.334 e. The Morgan fingerprint density at radius 3 is 2.55 bits per heavy atom. The van der Waals surface area contributed by atoms with Gasteiger partial charge in [0.1, 0.15) is 0 Å². The van der Waals surface area contributed by atoms with Crippen LogP contribution in [-0.2, 0) is 28.2 Å². The highest BCUT2D eigenvalue weighted by molar-refractivity contribution is 6.71. The fourth-order valence-corrected chi connectivity index (χ4v) is 8.05. The zero-order valence-corrected chi connectivity index (χ0v) is 23.0. The number of ether oxygens (including phenoxy) is 4. The highest BCUT2D eigenvalue weighted by atomic mass is 28.4. The number of rotatable bonds is 13. The van der Waals surface area contributed by atoms with E-state index in [0.717, 1.165) is 44.8 Å². The Labute approximate surface area is 202 Å². The lowest BCUT2D eigenvalue weighted by Crippen LogP contribution is -2.39. The van der Waals surface area contributed by atoms with Gasteiger partial charge < -0.3 is 23.4 Å². The van der Waals surface area contributed by atoms with Gasteiger partial charge in [-0.1, -0.05) is 39.3 Å². The normalized spacial score (nSPS) is 29.6. The molecule has 0 radical (unpaired) electrons. The Bertz CT molecular complexity index is 602. The lowest BCUT2D eigenvalue weighted by molar-refractivity contribution is -0.198. The maximum absolute atomic E-state index is 12.4. The average molecular weight is 485 g/mol. The molecule has 6 atom stereocenters. The van der Waals surface area contributed by atoms with Crippen molar-refractivity contribution < 1.29 is 28.2 Å². The molecule has 192 valence electrons. The van der Waals surface area contributed by atoms with Crippen LogP contribution < -0.4 is 0 Å². The molecule has 1 saturated heterocycles. The first-order chi connectivity index (χ1) is 15.7. The molecule has 1 unspecified atom stereocenters. The maximum Gasteiger partial charge on any atom is 0.334 e. The van der Waals surface area contributed by atoms with Gasteiger partial charge in [0.25, 0.3) is 0 Å². The van der Waals surface area contributed by atoms with Gasteiger partial charge in [0.2, 0.25) is 0 Å². The summed E-state index contributed by atoms with van der Waals surface area (Å²) in [5.41, 5.74) is 0. The molecule has 0 bridgehead atoms. The highest BCUT2D eigenvalue weighted by Crippen LogP contribution is 2.40. The molecule has 2 fully saturated rings. The zero-order chi connectivity index (χ0) is 24.4. The van der Waals surface area contributed by atoms with Gasteiger partial charge in [-0.3, -0.25) is 0 Å². The van der Waals surface area contributed by atoms with Gasteiger partial charge >= 0.3 is 5.97 Å². The largest absolute Gasteiger partial charge is 0.467 e. The molecule has 0 aromatic heterocycles. The Hall–Kier alpha value is -0.733. The third-order valence-electron chi connectivity index (χ3n) is 6.67. The molecule has 2 aliphatic rings. The van der Waals surface area contributed by atoms with Crippen molar-refractivity contribution in [2.75, 3.05) is 20.3 Å². The molecule has 0 amide bonds. The highest BCUT2D eigenvalue weighted by Gasteiger charge is 2.46. The van der Waals surface area contributed by atoms with E-state index in [1.165, 1.54) is 7.11 Å². The van der Waals surface area contributed by atoms with Gasteiger partial charge in [0.05, 0.1) is 19.3 Å². The van der Waals surface area contributed by atoms with Crippen LogP contribution in [0.25, 0.3) is 0 Å². The molecule has 1 saturated carbocycles. The molecule has 2 rings (SSSR count). The molecule has 0 N–H and O–H groups in total. The van der Waals surface area contributed by atoms with E-state index in [1.807, 2.05) is 6.92 Å². The van der Waals surface area contributed by atoms with E-state index in [4.69, 9.17) is 23.4 Å². The third-order valence-corrected chi connectivity index (χ3v) is 9.41. The summed E-state index contributed by atoms with van der Waals surface area (Å²) in [6.07, 6.45) is 8.83. The second kappa shape index (κ2) is 14.0. The van der Waals surface area contributed by atoms with Crippen LogP contribution in [0, 0.1) is 17.8 Å². The van der Waals surface area contributed by atoms with Gasteiger partial charge in [-0.25, -0.2) is 4.79 Å². The van der Waals surface area contributed by atoms with Gasteiger partial charge in [0, 0.05) is 31.5 Å². The standard InChI is InChI=1S/C26H48O6Si/c1-8-12-20-21(17-30-33(6,7)18-19(3)4)24(32-25-14-10-11-15-29-25)16-23(20)31-22(13-9-2)26(27)28-5/h8,12,19-25H,9-11,13-18H2,1-7H3/t20-,21-,22+,23+,24-,25?/m1/s1. The van der Waals surface area contributed by atoms with Crippen LogP contribution in [0.4, 0.5) is 0 Å². The summed E-state index contributed by atoms with van der Waals surface area (Å²) in [5.74, 6) is 0.608. The molecule has 33 heavy (non-hydrogen) atoms. The molecular weight excluding hydrogens is 436 g/mol. The van der Waals surface area contributed by atoms with Crippen molar-refractivity contribution in [2.24, 2.45) is 17.8 Å². The Balaban J connectivity index is 2.21. The van der Waals surface area contributed by atoms with Gasteiger partial charge in [-0.2, -0.15) is 0 Å². The summed E-state index contributed by atoms with van der Waals surface area (Å²) in [6.45, 7) is 14.6. The van der Waals surface area contributed by atoms with Crippen LogP contribution in [0.2, 0.25) is 19.1 Å². The molecule has 1 aliphatic carbocycles. The van der Waals surface area contributed by atoms with E-state index in [0.29, 0.717) is 18.9 Å². The minimum absolute atomic E-state index is 0.0249. The van der Waals surface area contributed by atoms with Crippen LogP contribution in [0.5, 0.6) is 0 Å². The molecule has 0 aromatic carbocycles. The maximum atomic E-state index is 12.4. The topological polar surface area (TPSA) is 63.2 Å². The van der Waals surface area contributed by atoms with Crippen molar-refractivity contribution in [1.82, 2.24) is 0 Å². The van der Waals surface area contributed by atoms with Gasteiger partial charge in [-0.05, 0) is 57.7 Å². The minimum Gasteiger partial charge on any atom is -0.467 e. The van der Waals surface area contributed by atoms with E-state index in [1.54, 1.807) is 0 Å². The SMILES string of the molecule is CC=C[C@@H]1[C@@H](CO[Si](C)(C)CC(C)C)[C@H](OC2CCCCO2)C[C@@H]1O[C@@H](CCC)C(=O)OC. The summed E-state index contributed by atoms with van der Waals surface area (Å²) >= 11 is 0. The van der Waals surface area contributed by atoms with Crippen molar-refractivity contribution in [2.45, 2.75) is 110 Å². The molecule has 1 heterocycles. The number of allylic oxidation sites excluding steroid dienone is 1. The van der Waals surface area contributed by atoms with Crippen molar-refractivity contribution >= 4 is 14.3 Å². The van der Waals surface area contributed by atoms with E-state index >= 15 is 0 Å². The fourth-order valence-electron chi connectivity index (χ4n) is 5.32. The fraction of sp³-hybridized carbons (Fsp3) is 0.885. The predicted octanol–water partition coefficient (Wildman–Crippen LogP) is 5.72. The number of carbonyl (C=O) groups is 1. The summed E-state index contributed by atoms with van der Waals surface area (Å²) in [7, 11) is -0.357. The van der Waals surface area contributed by atoms with Crippen molar-refractivity contribution in [1.29, 1.82) is 0 Å².